The molecule has 174 valence electrons. The molecule has 0 spiro atoms. The third kappa shape index (κ3) is 6.14. The normalized spacial score (nSPS) is 14.9. The van der Waals surface area contributed by atoms with Gasteiger partial charge >= 0.3 is 0 Å². The number of halogens is 2. The predicted octanol–water partition coefficient (Wildman–Crippen LogP) is 5.35. The summed E-state index contributed by atoms with van der Waals surface area (Å²) in [5, 5.41) is 8.70. The fraction of sp³-hybridized carbons (Fsp3) is 0.280. The number of likely N-dealkylation sites (tertiary alicyclic amines) is 1. The summed E-state index contributed by atoms with van der Waals surface area (Å²) in [7, 11) is 0. The minimum atomic E-state index is -0.391. The Hall–Kier alpha value is -2.49. The van der Waals surface area contributed by atoms with Crippen LogP contribution in [0.1, 0.15) is 24.4 Å². The number of nitrogens with zero attached hydrogens (tertiary/aromatic N) is 4. The quantitative estimate of drug-likeness (QED) is 0.154. The molecule has 34 heavy (non-hydrogen) atoms. The number of ether oxygens (including phenoxy) is 1. The van der Waals surface area contributed by atoms with E-state index in [1.807, 2.05) is 52.9 Å². The van der Waals surface area contributed by atoms with Crippen LogP contribution in [0.5, 0.6) is 5.75 Å². The van der Waals surface area contributed by atoms with Crippen LogP contribution in [0.25, 0.3) is 11.1 Å². The lowest BCUT2D eigenvalue weighted by Crippen LogP contribution is -2.53. The topological polar surface area (TPSA) is 63.3 Å². The third-order valence-electron chi connectivity index (χ3n) is 5.48. The lowest BCUT2D eigenvalue weighted by molar-refractivity contribution is 0.0268. The summed E-state index contributed by atoms with van der Waals surface area (Å²) in [5.74, 6) is 7.06. The number of benzene rings is 2. The van der Waals surface area contributed by atoms with Gasteiger partial charge in [-0.05, 0) is 64.4 Å². The van der Waals surface area contributed by atoms with Crippen molar-refractivity contribution < 1.29 is 13.7 Å². The van der Waals surface area contributed by atoms with Crippen LogP contribution >= 0.6 is 28.5 Å². The molecule has 3 aromatic rings. The minimum Gasteiger partial charge on any atom is -0.485 e. The maximum Gasteiger partial charge on any atom is 0.165 e. The Balaban J connectivity index is 1.36. The molecule has 2 unspecified atom stereocenters. The van der Waals surface area contributed by atoms with Gasteiger partial charge in [0.15, 0.2) is 11.6 Å². The molecule has 9 heteroatoms. The zero-order valence-corrected chi connectivity index (χ0v) is 21.7. The first-order valence-corrected chi connectivity index (χ1v) is 14.8. The van der Waals surface area contributed by atoms with E-state index in [0.717, 1.165) is 22.5 Å². The molecule has 0 amide bonds. The number of rotatable bonds is 8. The van der Waals surface area contributed by atoms with Crippen LogP contribution in [0, 0.1) is 29.0 Å². The Morgan fingerprint density at radius 3 is 2.68 bits per heavy atom. The molecular formula is C25H23FIN4O2P. The van der Waals surface area contributed by atoms with Crippen molar-refractivity contribution in [3.63, 3.8) is 0 Å². The molecule has 0 saturated carbocycles. The van der Waals surface area contributed by atoms with Gasteiger partial charge in [-0.25, -0.2) is 9.37 Å². The van der Waals surface area contributed by atoms with Crippen molar-refractivity contribution in [2.45, 2.75) is 25.7 Å². The largest absolute Gasteiger partial charge is 0.485 e. The van der Waals surface area contributed by atoms with E-state index < -0.39 is 5.82 Å². The standard InChI is InChI=1S/C25H23FIN4O2P/c1-18(33-34-27)25-29-11-14-31(25)12-2-3-19-4-6-20(7-5-19)21-8-9-24(23(26)15-21)32-22-16-30(17-22)13-10-28/h4-9,11,14-15,18,22,34H,12-13,16-17H2,1H3. The molecule has 2 atom stereocenters. The number of nitriles is 1. The number of imidazole rings is 1. The average Bonchev–Trinajstić information content (AvgIpc) is 3.28. The molecule has 0 radical (unpaired) electrons. The molecule has 0 N–H and O–H groups in total. The van der Waals surface area contributed by atoms with Crippen LogP contribution in [0.2, 0.25) is 0 Å². The van der Waals surface area contributed by atoms with Crippen LogP contribution < -0.4 is 4.74 Å². The van der Waals surface area contributed by atoms with Gasteiger partial charge in [0.2, 0.25) is 0 Å². The van der Waals surface area contributed by atoms with Crippen molar-refractivity contribution >= 4 is 28.5 Å². The Kier molecular flexibility index (Phi) is 8.53. The number of hydrogen-bond donors (Lipinski definition) is 0. The molecular weight excluding hydrogens is 565 g/mol. The van der Waals surface area contributed by atoms with Crippen LogP contribution in [-0.4, -0.2) is 40.2 Å². The maximum atomic E-state index is 14.6. The van der Waals surface area contributed by atoms with Crippen molar-refractivity contribution in [3.8, 4) is 34.8 Å². The van der Waals surface area contributed by atoms with Gasteiger partial charge in [-0.15, -0.1) is 0 Å². The smallest absolute Gasteiger partial charge is 0.165 e. The summed E-state index contributed by atoms with van der Waals surface area (Å²) in [5.41, 5.74) is 2.57. The van der Waals surface area contributed by atoms with Crippen LogP contribution in [0.3, 0.4) is 0 Å². The molecule has 4 rings (SSSR count). The zero-order chi connectivity index (χ0) is 23.9. The first kappa shape index (κ1) is 24.6. The highest BCUT2D eigenvalue weighted by Crippen LogP contribution is 2.31. The molecule has 1 saturated heterocycles. The van der Waals surface area contributed by atoms with E-state index in [-0.39, 0.29) is 18.0 Å². The van der Waals surface area contributed by atoms with Crippen molar-refractivity contribution in [1.29, 1.82) is 5.26 Å². The first-order valence-electron chi connectivity index (χ1n) is 10.7. The zero-order valence-electron chi connectivity index (χ0n) is 18.5. The fourth-order valence-corrected chi connectivity index (χ4v) is 5.07. The van der Waals surface area contributed by atoms with Crippen LogP contribution in [0.15, 0.2) is 54.9 Å². The molecule has 1 aliphatic rings. The molecule has 1 aromatic heterocycles. The van der Waals surface area contributed by atoms with Crippen molar-refractivity contribution in [3.05, 3.63) is 72.1 Å². The highest BCUT2D eigenvalue weighted by molar-refractivity contribution is 14.2. The molecule has 2 heterocycles. The second-order valence-electron chi connectivity index (χ2n) is 7.87. The summed E-state index contributed by atoms with van der Waals surface area (Å²) in [4.78, 5) is 6.33. The molecule has 0 aliphatic carbocycles. The van der Waals surface area contributed by atoms with Gasteiger partial charge in [-0.3, -0.25) is 4.90 Å². The molecule has 0 bridgehead atoms. The van der Waals surface area contributed by atoms with Crippen molar-refractivity contribution in [2.24, 2.45) is 0 Å². The lowest BCUT2D eigenvalue weighted by Gasteiger charge is -2.37. The first-order chi connectivity index (χ1) is 16.6. The second-order valence-corrected chi connectivity index (χ2v) is 9.58. The highest BCUT2D eigenvalue weighted by atomic mass is 127. The van der Waals surface area contributed by atoms with E-state index in [1.54, 1.807) is 12.3 Å². The fourth-order valence-electron chi connectivity index (χ4n) is 3.69. The molecule has 1 fully saturated rings. The van der Waals surface area contributed by atoms with Gasteiger partial charge in [0.25, 0.3) is 0 Å². The van der Waals surface area contributed by atoms with Gasteiger partial charge in [-0.2, -0.15) is 5.26 Å². The van der Waals surface area contributed by atoms with Crippen molar-refractivity contribution in [1.82, 2.24) is 14.5 Å². The highest BCUT2D eigenvalue weighted by Gasteiger charge is 2.28. The Morgan fingerprint density at radius 2 is 1.97 bits per heavy atom. The monoisotopic (exact) mass is 588 g/mol. The van der Waals surface area contributed by atoms with E-state index in [0.29, 0.717) is 32.6 Å². The summed E-state index contributed by atoms with van der Waals surface area (Å²) >= 11 is 2.20. The number of aromatic nitrogens is 2. The van der Waals surface area contributed by atoms with E-state index in [2.05, 4.69) is 44.9 Å². The van der Waals surface area contributed by atoms with E-state index in [9.17, 15) is 4.39 Å². The van der Waals surface area contributed by atoms with E-state index in [4.69, 9.17) is 14.5 Å². The minimum absolute atomic E-state index is 0.0736. The van der Waals surface area contributed by atoms with Crippen molar-refractivity contribution in [2.75, 3.05) is 19.6 Å². The summed E-state index contributed by atoms with van der Waals surface area (Å²) in [6.07, 6.45) is 3.51. The Morgan fingerprint density at radius 1 is 1.21 bits per heavy atom. The maximum absolute atomic E-state index is 14.6. The van der Waals surface area contributed by atoms with Gasteiger partial charge in [0, 0.05) is 31.0 Å². The molecule has 2 aromatic carbocycles. The predicted molar refractivity (Wildman–Crippen MR) is 139 cm³/mol. The van der Waals surface area contributed by atoms with Crippen LogP contribution in [-0.2, 0) is 11.1 Å². The average molecular weight is 588 g/mol. The third-order valence-corrected chi connectivity index (χ3v) is 6.68. The Bertz CT molecular complexity index is 1230. The molecule has 1 aliphatic heterocycles. The van der Waals surface area contributed by atoms with E-state index in [1.165, 1.54) is 6.07 Å². The second kappa shape index (κ2) is 11.8. The summed E-state index contributed by atoms with van der Waals surface area (Å²) < 4.78 is 27.9. The van der Waals surface area contributed by atoms with Gasteiger partial charge in [0.1, 0.15) is 18.0 Å². The van der Waals surface area contributed by atoms with Crippen LogP contribution in [0.4, 0.5) is 4.39 Å². The number of hydrogen-bond acceptors (Lipinski definition) is 5. The van der Waals surface area contributed by atoms with Gasteiger partial charge < -0.3 is 13.8 Å². The lowest BCUT2D eigenvalue weighted by atomic mass is 10.0. The van der Waals surface area contributed by atoms with E-state index >= 15 is 0 Å². The summed E-state index contributed by atoms with van der Waals surface area (Å²) in [6.45, 7) is 4.54. The Labute approximate surface area is 213 Å². The van der Waals surface area contributed by atoms with Gasteiger partial charge in [-0.1, -0.05) is 30.0 Å². The SMILES string of the molecule is CC(OPI)c1nccn1CC#Cc1ccc(-c2ccc(OC3CN(CC#N)C3)c(F)c2)cc1. The van der Waals surface area contributed by atoms with Gasteiger partial charge in [0.05, 0.1) is 25.6 Å². The molecule has 6 nitrogen and oxygen atoms in total. The summed E-state index contributed by atoms with van der Waals surface area (Å²) in [6, 6.07) is 14.8.